The minimum atomic E-state index is -0.886. The average molecular weight is 770 g/mol. The first-order valence-corrected chi connectivity index (χ1v) is 20.3. The molecule has 4 amide bonds. The molecule has 1 saturated carbocycles. The van der Waals surface area contributed by atoms with Crippen LogP contribution in [0.2, 0.25) is 0 Å². The van der Waals surface area contributed by atoms with Gasteiger partial charge in [0.05, 0.1) is 49.8 Å². The van der Waals surface area contributed by atoms with Gasteiger partial charge in [-0.2, -0.15) is 0 Å². The van der Waals surface area contributed by atoms with Crippen LogP contribution in [0.5, 0.6) is 0 Å². The fraction of sp³-hybridized carbons (Fsp3) is 0.738. The molecule has 308 valence electrons. The number of carbonyl (C=O) groups is 5. The Labute approximate surface area is 328 Å². The molecule has 3 aliphatic rings. The smallest absolute Gasteiger partial charge is 0.328 e. The first-order chi connectivity index (χ1) is 26.2. The number of hydrogen-bond acceptors (Lipinski definition) is 9. The number of carbonyl (C=O) groups excluding carboxylic acids is 5. The highest BCUT2D eigenvalue weighted by atomic mass is 16.5. The molecule has 0 spiro atoms. The van der Waals surface area contributed by atoms with Gasteiger partial charge in [-0.15, -0.1) is 0 Å². The van der Waals surface area contributed by atoms with Crippen molar-refractivity contribution in [2.45, 2.75) is 135 Å². The van der Waals surface area contributed by atoms with Crippen LogP contribution in [-0.4, -0.2) is 123 Å². The number of rotatable bonds is 19. The van der Waals surface area contributed by atoms with E-state index in [9.17, 15) is 24.0 Å². The summed E-state index contributed by atoms with van der Waals surface area (Å²) in [6.45, 7) is 12.4. The normalized spacial score (nSPS) is 25.7. The van der Waals surface area contributed by atoms with E-state index in [1.807, 2.05) is 58.0 Å². The van der Waals surface area contributed by atoms with Gasteiger partial charge in [-0.1, -0.05) is 78.3 Å². The maximum atomic E-state index is 14.3. The van der Waals surface area contributed by atoms with E-state index < -0.39 is 42.2 Å². The number of ether oxygens (including phenoxy) is 3. The number of esters is 1. The van der Waals surface area contributed by atoms with E-state index in [2.05, 4.69) is 22.9 Å². The Kier molecular flexibility index (Phi) is 16.1. The number of nitrogens with one attached hydrogen (secondary N) is 3. The summed E-state index contributed by atoms with van der Waals surface area (Å²) < 4.78 is 17.0. The Bertz CT molecular complexity index is 1460. The lowest BCUT2D eigenvalue weighted by Crippen LogP contribution is -2.60. The minimum Gasteiger partial charge on any atom is -0.467 e. The Morgan fingerprint density at radius 1 is 0.964 bits per heavy atom. The van der Waals surface area contributed by atoms with E-state index in [-0.39, 0.29) is 66.3 Å². The van der Waals surface area contributed by atoms with Crippen LogP contribution in [0.15, 0.2) is 30.3 Å². The zero-order chi connectivity index (χ0) is 40.6. The number of likely N-dealkylation sites (tertiary alicyclic amines) is 1. The monoisotopic (exact) mass is 769 g/mol. The summed E-state index contributed by atoms with van der Waals surface area (Å²) in [4.78, 5) is 71.9. The Morgan fingerprint density at radius 2 is 1.65 bits per heavy atom. The molecule has 12 atom stereocenters. The second-order valence-electron chi connectivity index (χ2n) is 16.4. The van der Waals surface area contributed by atoms with Crippen molar-refractivity contribution < 1.29 is 38.2 Å². The van der Waals surface area contributed by atoms with Gasteiger partial charge in [-0.05, 0) is 54.9 Å². The number of amides is 4. The number of methoxy groups -OCH3 is 3. The Balaban J connectivity index is 1.46. The van der Waals surface area contributed by atoms with Crippen LogP contribution in [0.3, 0.4) is 0 Å². The SMILES string of the molecule is CC[C@H](C)[C@@H]([C@@H](CC(=O)N1CCC[C@H]1[C@H](OC)[C@@H](C)C(=O)N[C@@H](Cc1ccccc1)C(=O)OC)OC)N(C)C(=O)[C@@H](NC(=O)[C@H]1N[C@H]2CC[C@H]1[C@@H]2C)C(C)C. The van der Waals surface area contributed by atoms with Crippen LogP contribution >= 0.6 is 0 Å². The highest BCUT2D eigenvalue weighted by Gasteiger charge is 2.49. The first kappa shape index (κ1) is 44.2. The lowest BCUT2D eigenvalue weighted by Gasteiger charge is -2.41. The van der Waals surface area contributed by atoms with Crippen LogP contribution in [-0.2, 0) is 44.6 Å². The number of fused-ring (bicyclic) bond motifs is 2. The molecule has 13 nitrogen and oxygen atoms in total. The number of nitrogens with zero attached hydrogens (tertiary/aromatic N) is 2. The third-order valence-corrected chi connectivity index (χ3v) is 12.8. The van der Waals surface area contributed by atoms with Crippen molar-refractivity contribution in [2.24, 2.45) is 29.6 Å². The predicted molar refractivity (Wildman–Crippen MR) is 210 cm³/mol. The highest BCUT2D eigenvalue weighted by Crippen LogP contribution is 2.40. The number of hydrogen-bond donors (Lipinski definition) is 3. The molecule has 1 aromatic rings. The maximum absolute atomic E-state index is 14.3. The second-order valence-corrected chi connectivity index (χ2v) is 16.4. The van der Waals surface area contributed by atoms with Crippen LogP contribution in [0.1, 0.15) is 85.6 Å². The van der Waals surface area contributed by atoms with Crippen molar-refractivity contribution in [1.82, 2.24) is 25.8 Å². The standard InChI is InChI=1S/C42H67N5O8/c1-11-25(4)37(46(7)41(51)35(24(2)3)45-40(50)36-29-19-20-30(43-36)26(29)5)33(53-8)23-34(48)47-21-15-18-32(47)38(54-9)27(6)39(49)44-31(42(52)55-10)22-28-16-13-12-14-17-28/h12-14,16-17,24-27,29-33,35-38,43H,11,15,18-23H2,1-10H3,(H,44,49)(H,45,50)/t25-,26-,27+,29-,30-,31-,32-,33+,35-,36-,37-,38+/m0/s1. The van der Waals surface area contributed by atoms with E-state index >= 15 is 0 Å². The third kappa shape index (κ3) is 10.3. The minimum absolute atomic E-state index is 0.0176. The molecule has 2 aliphatic heterocycles. The van der Waals surface area contributed by atoms with Crippen molar-refractivity contribution >= 4 is 29.6 Å². The van der Waals surface area contributed by atoms with Gasteiger partial charge in [0.25, 0.3) is 0 Å². The fourth-order valence-electron chi connectivity index (χ4n) is 9.30. The number of likely N-dealkylation sites (N-methyl/N-ethyl adjacent to an activating group) is 1. The lowest BCUT2D eigenvalue weighted by molar-refractivity contribution is -0.148. The quantitative estimate of drug-likeness (QED) is 0.180. The summed E-state index contributed by atoms with van der Waals surface area (Å²) in [5.74, 6) is -1.60. The molecule has 3 N–H and O–H groups in total. The van der Waals surface area contributed by atoms with E-state index in [4.69, 9.17) is 14.2 Å². The van der Waals surface area contributed by atoms with Gasteiger partial charge in [0.1, 0.15) is 12.1 Å². The summed E-state index contributed by atoms with van der Waals surface area (Å²) in [5.41, 5.74) is 0.879. The second kappa shape index (κ2) is 20.0. The topological polar surface area (TPSA) is 156 Å². The molecule has 55 heavy (non-hydrogen) atoms. The number of benzene rings is 1. The van der Waals surface area contributed by atoms with Gasteiger partial charge >= 0.3 is 5.97 Å². The van der Waals surface area contributed by atoms with Gasteiger partial charge in [0, 0.05) is 40.3 Å². The zero-order valence-electron chi connectivity index (χ0n) is 34.7. The molecular formula is C42H67N5O8. The summed E-state index contributed by atoms with van der Waals surface area (Å²) in [6.07, 6.45) is 3.22. The van der Waals surface area contributed by atoms with Crippen LogP contribution in [0, 0.1) is 29.6 Å². The molecule has 0 unspecified atom stereocenters. The number of piperidine rings is 1. The van der Waals surface area contributed by atoms with Crippen LogP contribution in [0.25, 0.3) is 0 Å². The Morgan fingerprint density at radius 3 is 2.20 bits per heavy atom. The fourth-order valence-corrected chi connectivity index (χ4v) is 9.30. The summed E-state index contributed by atoms with van der Waals surface area (Å²) in [6, 6.07) is 6.98. The molecule has 3 fully saturated rings. The maximum Gasteiger partial charge on any atom is 0.328 e. The van der Waals surface area contributed by atoms with Crippen molar-refractivity contribution in [2.75, 3.05) is 34.9 Å². The largest absolute Gasteiger partial charge is 0.467 e. The average Bonchev–Trinajstić information content (AvgIpc) is 3.90. The van der Waals surface area contributed by atoms with Crippen molar-refractivity contribution in [3.8, 4) is 0 Å². The summed E-state index contributed by atoms with van der Waals surface area (Å²) in [7, 11) is 6.14. The van der Waals surface area contributed by atoms with Crippen LogP contribution < -0.4 is 16.0 Å². The van der Waals surface area contributed by atoms with E-state index in [0.717, 1.165) is 31.2 Å². The van der Waals surface area contributed by atoms with E-state index in [1.165, 1.54) is 14.2 Å². The highest BCUT2D eigenvalue weighted by molar-refractivity contribution is 5.91. The zero-order valence-corrected chi connectivity index (χ0v) is 34.7. The molecule has 2 bridgehead atoms. The summed E-state index contributed by atoms with van der Waals surface area (Å²) >= 11 is 0. The van der Waals surface area contributed by atoms with Crippen molar-refractivity contribution in [3.05, 3.63) is 35.9 Å². The lowest BCUT2D eigenvalue weighted by atomic mass is 9.89. The van der Waals surface area contributed by atoms with Gasteiger partial charge in [0.2, 0.25) is 23.6 Å². The summed E-state index contributed by atoms with van der Waals surface area (Å²) in [5, 5.41) is 9.44. The van der Waals surface area contributed by atoms with Gasteiger partial charge in [0.15, 0.2) is 0 Å². The van der Waals surface area contributed by atoms with Gasteiger partial charge < -0.3 is 40.0 Å². The molecule has 2 heterocycles. The molecule has 1 aliphatic carbocycles. The third-order valence-electron chi connectivity index (χ3n) is 12.8. The predicted octanol–water partition coefficient (Wildman–Crippen LogP) is 3.33. The molecular weight excluding hydrogens is 702 g/mol. The van der Waals surface area contributed by atoms with E-state index in [1.54, 1.807) is 30.9 Å². The van der Waals surface area contributed by atoms with Gasteiger partial charge in [-0.3, -0.25) is 19.2 Å². The molecule has 1 aromatic carbocycles. The molecule has 4 rings (SSSR count). The van der Waals surface area contributed by atoms with E-state index in [0.29, 0.717) is 24.9 Å². The van der Waals surface area contributed by atoms with Crippen LogP contribution in [0.4, 0.5) is 0 Å². The van der Waals surface area contributed by atoms with Crippen molar-refractivity contribution in [1.29, 1.82) is 0 Å². The first-order valence-electron chi connectivity index (χ1n) is 20.3. The Hall–Kier alpha value is -3.55. The van der Waals surface area contributed by atoms with Gasteiger partial charge in [-0.25, -0.2) is 4.79 Å². The molecule has 2 saturated heterocycles. The molecule has 13 heteroatoms. The molecule has 0 aromatic heterocycles. The molecule has 0 radical (unpaired) electrons. The van der Waals surface area contributed by atoms with Crippen molar-refractivity contribution in [3.63, 3.8) is 0 Å².